The molecule has 0 spiro atoms. The lowest BCUT2D eigenvalue weighted by Crippen LogP contribution is -2.00. The van der Waals surface area contributed by atoms with Crippen LogP contribution in [0.4, 0.5) is 0 Å². The maximum atomic E-state index is 2.33. The number of aryl methyl sites for hydroxylation is 4. The average Bonchev–Trinajstić information content (AvgIpc) is 2.37. The maximum absolute atomic E-state index is 2.33. The molecule has 0 bridgehead atoms. The van der Waals surface area contributed by atoms with Crippen LogP contribution in [0.5, 0.6) is 0 Å². The van der Waals surface area contributed by atoms with E-state index in [-0.39, 0.29) is 0 Å². The molecule has 0 aliphatic heterocycles. The molecule has 0 aromatic heterocycles. The van der Waals surface area contributed by atoms with Crippen LogP contribution in [0.2, 0.25) is 0 Å². The Kier molecular flexibility index (Phi) is 4.09. The lowest BCUT2D eigenvalue weighted by atomic mass is 9.91. The molecule has 0 aliphatic rings. The monoisotopic (exact) mass is 252 g/mol. The van der Waals surface area contributed by atoms with E-state index in [1.165, 1.54) is 33.4 Å². The van der Waals surface area contributed by atoms with Gasteiger partial charge >= 0.3 is 0 Å². The Hall–Kier alpha value is -1.56. The summed E-state index contributed by atoms with van der Waals surface area (Å²) in [5, 5.41) is 0. The van der Waals surface area contributed by atoms with E-state index in [1.807, 2.05) is 0 Å². The van der Waals surface area contributed by atoms with Crippen LogP contribution < -0.4 is 0 Å². The van der Waals surface area contributed by atoms with E-state index in [9.17, 15) is 0 Å². The first-order chi connectivity index (χ1) is 8.97. The molecular weight excluding hydrogens is 228 g/mol. The molecule has 0 N–H and O–H groups in total. The summed E-state index contributed by atoms with van der Waals surface area (Å²) < 4.78 is 0. The highest BCUT2D eigenvalue weighted by Gasteiger charge is 2.08. The lowest BCUT2D eigenvalue weighted by molar-refractivity contribution is 0.757. The zero-order valence-corrected chi connectivity index (χ0v) is 12.7. The molecule has 0 fully saturated rings. The minimum atomic E-state index is 0.571. The van der Waals surface area contributed by atoms with Crippen molar-refractivity contribution in [1.82, 2.24) is 0 Å². The van der Waals surface area contributed by atoms with Crippen LogP contribution in [-0.4, -0.2) is 0 Å². The molecule has 0 aliphatic carbocycles. The zero-order valence-electron chi connectivity index (χ0n) is 12.7. The fraction of sp³-hybridized carbons (Fsp3) is 0.368. The van der Waals surface area contributed by atoms with Crippen LogP contribution in [0.1, 0.15) is 46.2 Å². The molecule has 0 saturated carbocycles. The fourth-order valence-corrected chi connectivity index (χ4v) is 2.47. The summed E-state index contributed by atoms with van der Waals surface area (Å²) in [5.74, 6) is 0.571. The first-order valence-corrected chi connectivity index (χ1v) is 7.10. The Balaban J connectivity index is 2.17. The van der Waals surface area contributed by atoms with Crippen LogP contribution in [0.15, 0.2) is 36.4 Å². The van der Waals surface area contributed by atoms with Gasteiger partial charge in [0.05, 0.1) is 0 Å². The van der Waals surface area contributed by atoms with Gasteiger partial charge in [0.1, 0.15) is 0 Å². The summed E-state index contributed by atoms with van der Waals surface area (Å²) in [6.07, 6.45) is 1.11. The Morgan fingerprint density at radius 3 is 1.89 bits per heavy atom. The predicted octanol–water partition coefficient (Wildman–Crippen LogP) is 5.27. The van der Waals surface area contributed by atoms with E-state index in [0.717, 1.165) is 6.42 Å². The average molecular weight is 252 g/mol. The number of benzene rings is 2. The standard InChI is InChI=1S/C19H24/c1-13-6-8-18(10-15(13)3)11-17(5)19-9-7-14(2)16(4)12-19/h6-10,12,17H,11H2,1-5H3. The van der Waals surface area contributed by atoms with Crippen molar-refractivity contribution in [3.05, 3.63) is 69.8 Å². The third kappa shape index (κ3) is 3.26. The van der Waals surface area contributed by atoms with Crippen molar-refractivity contribution in [3.63, 3.8) is 0 Å². The first-order valence-electron chi connectivity index (χ1n) is 7.10. The molecular formula is C19H24. The van der Waals surface area contributed by atoms with Gasteiger partial charge in [0, 0.05) is 0 Å². The SMILES string of the molecule is Cc1ccc(CC(C)c2ccc(C)c(C)c2)cc1C. The summed E-state index contributed by atoms with van der Waals surface area (Å²) in [5.41, 5.74) is 8.43. The van der Waals surface area contributed by atoms with Gasteiger partial charge in [0.15, 0.2) is 0 Å². The Labute approximate surface area is 117 Å². The van der Waals surface area contributed by atoms with Gasteiger partial charge in [-0.2, -0.15) is 0 Å². The maximum Gasteiger partial charge on any atom is -0.0150 e. The van der Waals surface area contributed by atoms with Gasteiger partial charge in [0.25, 0.3) is 0 Å². The number of rotatable bonds is 3. The van der Waals surface area contributed by atoms with Crippen molar-refractivity contribution in [1.29, 1.82) is 0 Å². The molecule has 0 nitrogen and oxygen atoms in total. The van der Waals surface area contributed by atoms with Crippen molar-refractivity contribution >= 4 is 0 Å². The third-order valence-corrected chi connectivity index (χ3v) is 4.21. The molecule has 2 aromatic carbocycles. The molecule has 0 amide bonds. The summed E-state index contributed by atoms with van der Waals surface area (Å²) >= 11 is 0. The van der Waals surface area contributed by atoms with E-state index in [2.05, 4.69) is 71.0 Å². The Morgan fingerprint density at radius 1 is 0.737 bits per heavy atom. The van der Waals surface area contributed by atoms with Crippen LogP contribution in [-0.2, 0) is 6.42 Å². The quantitative estimate of drug-likeness (QED) is 0.698. The molecule has 2 aromatic rings. The molecule has 2 rings (SSSR count). The second-order valence-corrected chi connectivity index (χ2v) is 5.87. The second kappa shape index (κ2) is 5.61. The fourth-order valence-electron chi connectivity index (χ4n) is 2.47. The van der Waals surface area contributed by atoms with E-state index in [0.29, 0.717) is 5.92 Å². The smallest absolute Gasteiger partial charge is 0.0150 e. The summed E-state index contributed by atoms with van der Waals surface area (Å²) in [6.45, 7) is 11.1. The van der Waals surface area contributed by atoms with Gasteiger partial charge in [-0.1, -0.05) is 43.3 Å². The lowest BCUT2D eigenvalue weighted by Gasteiger charge is -2.14. The molecule has 0 radical (unpaired) electrons. The predicted molar refractivity (Wildman–Crippen MR) is 84.0 cm³/mol. The Morgan fingerprint density at radius 2 is 1.32 bits per heavy atom. The number of hydrogen-bond acceptors (Lipinski definition) is 0. The van der Waals surface area contributed by atoms with E-state index >= 15 is 0 Å². The summed E-state index contributed by atoms with van der Waals surface area (Å²) in [4.78, 5) is 0. The minimum Gasteiger partial charge on any atom is -0.0588 e. The van der Waals surface area contributed by atoms with Crippen molar-refractivity contribution in [2.75, 3.05) is 0 Å². The van der Waals surface area contributed by atoms with Crippen molar-refractivity contribution < 1.29 is 0 Å². The molecule has 0 saturated heterocycles. The van der Waals surface area contributed by atoms with E-state index < -0.39 is 0 Å². The highest BCUT2D eigenvalue weighted by Crippen LogP contribution is 2.23. The molecule has 0 heteroatoms. The third-order valence-electron chi connectivity index (χ3n) is 4.21. The number of hydrogen-bond donors (Lipinski definition) is 0. The van der Waals surface area contributed by atoms with E-state index in [1.54, 1.807) is 0 Å². The van der Waals surface area contributed by atoms with Crippen LogP contribution in [0, 0.1) is 27.7 Å². The topological polar surface area (TPSA) is 0 Å². The van der Waals surface area contributed by atoms with E-state index in [4.69, 9.17) is 0 Å². The highest BCUT2D eigenvalue weighted by molar-refractivity contribution is 5.34. The van der Waals surface area contributed by atoms with Crippen LogP contribution >= 0.6 is 0 Å². The molecule has 19 heavy (non-hydrogen) atoms. The highest BCUT2D eigenvalue weighted by atomic mass is 14.1. The van der Waals surface area contributed by atoms with Crippen LogP contribution in [0.25, 0.3) is 0 Å². The normalized spacial score (nSPS) is 12.5. The van der Waals surface area contributed by atoms with Crippen LogP contribution in [0.3, 0.4) is 0 Å². The molecule has 0 heterocycles. The first kappa shape index (κ1) is 13.9. The van der Waals surface area contributed by atoms with Crippen molar-refractivity contribution in [3.8, 4) is 0 Å². The zero-order chi connectivity index (χ0) is 14.0. The minimum absolute atomic E-state index is 0.571. The Bertz CT molecular complexity index is 579. The molecule has 100 valence electrons. The van der Waals surface area contributed by atoms with Gasteiger partial charge in [-0.25, -0.2) is 0 Å². The molecule has 1 atom stereocenters. The summed E-state index contributed by atoms with van der Waals surface area (Å²) in [7, 11) is 0. The van der Waals surface area contributed by atoms with Gasteiger partial charge in [-0.05, 0) is 73.4 Å². The van der Waals surface area contributed by atoms with Crippen molar-refractivity contribution in [2.24, 2.45) is 0 Å². The summed E-state index contributed by atoms with van der Waals surface area (Å²) in [6, 6.07) is 13.7. The molecule has 1 unspecified atom stereocenters. The second-order valence-electron chi connectivity index (χ2n) is 5.87. The van der Waals surface area contributed by atoms with Gasteiger partial charge < -0.3 is 0 Å². The van der Waals surface area contributed by atoms with Gasteiger partial charge in [-0.3, -0.25) is 0 Å². The largest absolute Gasteiger partial charge is 0.0588 e. The van der Waals surface area contributed by atoms with Gasteiger partial charge in [-0.15, -0.1) is 0 Å². The van der Waals surface area contributed by atoms with Crippen molar-refractivity contribution in [2.45, 2.75) is 47.0 Å². The van der Waals surface area contributed by atoms with Gasteiger partial charge in [0.2, 0.25) is 0 Å².